The van der Waals surface area contributed by atoms with Crippen LogP contribution in [0.5, 0.6) is 0 Å². The summed E-state index contributed by atoms with van der Waals surface area (Å²) in [6, 6.07) is 4.89. The predicted molar refractivity (Wildman–Crippen MR) is 146 cm³/mol. The molecule has 4 aliphatic rings. The molecule has 0 bridgehead atoms. The van der Waals surface area contributed by atoms with Crippen molar-refractivity contribution in [2.45, 2.75) is 77.4 Å². The van der Waals surface area contributed by atoms with Crippen LogP contribution in [0.4, 0.5) is 15.4 Å². The van der Waals surface area contributed by atoms with E-state index in [4.69, 9.17) is 14.5 Å². The number of piperidine rings is 1. The number of aromatic nitrogens is 1. The van der Waals surface area contributed by atoms with Crippen LogP contribution in [-0.4, -0.2) is 102 Å². The highest BCUT2D eigenvalue weighted by atomic mass is 16.6. The minimum absolute atomic E-state index is 0.156. The molecule has 0 radical (unpaired) electrons. The van der Waals surface area contributed by atoms with Gasteiger partial charge < -0.3 is 24.2 Å². The molecule has 9 nitrogen and oxygen atoms in total. The van der Waals surface area contributed by atoms with Crippen LogP contribution in [0.2, 0.25) is 0 Å². The largest absolute Gasteiger partial charge is 0.450 e. The molecule has 0 N–H and O–H groups in total. The lowest BCUT2D eigenvalue weighted by molar-refractivity contribution is -0.00295. The van der Waals surface area contributed by atoms with Crippen molar-refractivity contribution in [2.75, 3.05) is 63.9 Å². The molecule has 4 fully saturated rings. The summed E-state index contributed by atoms with van der Waals surface area (Å²) < 4.78 is 10.8. The molecule has 2 amide bonds. The highest BCUT2D eigenvalue weighted by Crippen LogP contribution is 2.47. The summed E-state index contributed by atoms with van der Waals surface area (Å²) in [5.41, 5.74) is 1.15. The number of carbonyl (C=O) groups excluding carboxylic acids is 2. The molecule has 1 aromatic rings. The van der Waals surface area contributed by atoms with E-state index in [-0.39, 0.29) is 12.2 Å². The Hall–Kier alpha value is -2.55. The van der Waals surface area contributed by atoms with Gasteiger partial charge in [0.25, 0.3) is 0 Å². The topological polar surface area (TPSA) is 78.5 Å². The summed E-state index contributed by atoms with van der Waals surface area (Å²) in [7, 11) is 0. The van der Waals surface area contributed by atoms with Crippen LogP contribution >= 0.6 is 0 Å². The predicted octanol–water partition coefficient (Wildman–Crippen LogP) is 4.33. The second-order valence-electron chi connectivity index (χ2n) is 12.6. The fraction of sp³-hybridized carbons (Fsp3) is 0.759. The van der Waals surface area contributed by atoms with Gasteiger partial charge in [0, 0.05) is 70.0 Å². The third-order valence-corrected chi connectivity index (χ3v) is 8.79. The van der Waals surface area contributed by atoms with Gasteiger partial charge in [0.15, 0.2) is 0 Å². The second kappa shape index (κ2) is 10.9. The fourth-order valence-electron chi connectivity index (χ4n) is 6.87. The molecular weight excluding hydrogens is 482 g/mol. The lowest BCUT2D eigenvalue weighted by Gasteiger charge is -2.48. The van der Waals surface area contributed by atoms with Crippen molar-refractivity contribution in [1.29, 1.82) is 0 Å². The fourth-order valence-corrected chi connectivity index (χ4v) is 6.87. The Bertz CT molecular complexity index is 989. The number of carbonyl (C=O) groups is 2. The number of nitrogens with zero attached hydrogens (tertiary/aromatic N) is 5. The molecular formula is C29H45N5O4. The molecule has 1 spiro atoms. The van der Waals surface area contributed by atoms with Gasteiger partial charge in [-0.05, 0) is 77.3 Å². The molecule has 1 aliphatic carbocycles. The minimum atomic E-state index is -0.466. The Balaban J connectivity index is 1.12. The molecule has 210 valence electrons. The molecule has 0 unspecified atom stereocenters. The number of likely N-dealkylation sites (tertiary alicyclic amines) is 2. The van der Waals surface area contributed by atoms with Crippen molar-refractivity contribution in [1.82, 2.24) is 19.7 Å². The molecule has 1 saturated carbocycles. The minimum Gasteiger partial charge on any atom is -0.450 e. The zero-order chi connectivity index (χ0) is 26.9. The molecule has 0 aromatic carbocycles. The van der Waals surface area contributed by atoms with Gasteiger partial charge in [-0.15, -0.1) is 0 Å². The van der Waals surface area contributed by atoms with Gasteiger partial charge in [0.05, 0.1) is 6.61 Å². The Morgan fingerprint density at radius 1 is 1.00 bits per heavy atom. The van der Waals surface area contributed by atoms with Crippen LogP contribution < -0.4 is 4.90 Å². The van der Waals surface area contributed by atoms with E-state index in [1.54, 1.807) is 0 Å². The lowest BCUT2D eigenvalue weighted by Crippen LogP contribution is -2.58. The maximum Gasteiger partial charge on any atom is 0.410 e. The van der Waals surface area contributed by atoms with E-state index in [2.05, 4.69) is 15.9 Å². The Morgan fingerprint density at radius 2 is 1.71 bits per heavy atom. The number of ether oxygens (including phenoxy) is 2. The van der Waals surface area contributed by atoms with Crippen LogP contribution in [0.25, 0.3) is 0 Å². The number of pyridine rings is 1. The standard InChI is InChI=1S/C29H45N5O4/c1-5-37-26(35)34-20-29(21-34)11-8-23(19-29)31-15-17-32(18-16-31)25-24(7-6-12-30-25)22-9-13-33(14-10-22)27(36)38-28(2,3)4/h6-7,12,22-23H,5,8-11,13-21H2,1-4H3/t23-/m1/s1. The van der Waals surface area contributed by atoms with E-state index in [9.17, 15) is 9.59 Å². The van der Waals surface area contributed by atoms with E-state index in [1.807, 2.05) is 49.8 Å². The van der Waals surface area contributed by atoms with E-state index in [1.165, 1.54) is 24.8 Å². The van der Waals surface area contributed by atoms with Crippen LogP contribution in [0.1, 0.15) is 71.3 Å². The summed E-state index contributed by atoms with van der Waals surface area (Å²) in [5, 5.41) is 0. The van der Waals surface area contributed by atoms with Crippen molar-refractivity contribution >= 4 is 18.0 Å². The van der Waals surface area contributed by atoms with Crippen molar-refractivity contribution in [2.24, 2.45) is 5.41 Å². The van der Waals surface area contributed by atoms with Crippen LogP contribution in [0, 0.1) is 5.41 Å². The zero-order valence-corrected chi connectivity index (χ0v) is 23.7. The number of piperazine rings is 1. The molecule has 3 saturated heterocycles. The van der Waals surface area contributed by atoms with Gasteiger partial charge >= 0.3 is 12.2 Å². The van der Waals surface area contributed by atoms with E-state index >= 15 is 0 Å². The molecule has 4 heterocycles. The maximum atomic E-state index is 12.5. The molecule has 9 heteroatoms. The highest BCUT2D eigenvalue weighted by molar-refractivity contribution is 5.69. The smallest absolute Gasteiger partial charge is 0.410 e. The number of hydrogen-bond acceptors (Lipinski definition) is 7. The maximum absolute atomic E-state index is 12.5. The zero-order valence-electron chi connectivity index (χ0n) is 23.7. The Labute approximate surface area is 227 Å². The monoisotopic (exact) mass is 527 g/mol. The van der Waals surface area contributed by atoms with Gasteiger partial charge in [-0.1, -0.05) is 6.07 Å². The van der Waals surface area contributed by atoms with Gasteiger partial charge in [0.1, 0.15) is 11.4 Å². The quantitative estimate of drug-likeness (QED) is 0.577. The number of amides is 2. The molecule has 1 aromatic heterocycles. The molecule has 5 rings (SSSR count). The summed E-state index contributed by atoms with van der Waals surface area (Å²) >= 11 is 0. The third kappa shape index (κ3) is 5.87. The summed E-state index contributed by atoms with van der Waals surface area (Å²) in [5.74, 6) is 1.53. The van der Waals surface area contributed by atoms with Crippen LogP contribution in [0.3, 0.4) is 0 Å². The summed E-state index contributed by atoms with van der Waals surface area (Å²) in [4.78, 5) is 38.2. The highest BCUT2D eigenvalue weighted by Gasteiger charge is 2.51. The van der Waals surface area contributed by atoms with Crippen molar-refractivity contribution in [3.63, 3.8) is 0 Å². The van der Waals surface area contributed by atoms with Gasteiger partial charge in [-0.25, -0.2) is 14.6 Å². The first-order valence-corrected chi connectivity index (χ1v) is 14.5. The first kappa shape index (κ1) is 27.0. The second-order valence-corrected chi connectivity index (χ2v) is 12.6. The van der Waals surface area contributed by atoms with E-state index < -0.39 is 5.60 Å². The van der Waals surface area contributed by atoms with Gasteiger partial charge in [-0.3, -0.25) is 4.90 Å². The van der Waals surface area contributed by atoms with Crippen LogP contribution in [-0.2, 0) is 9.47 Å². The lowest BCUT2D eigenvalue weighted by atomic mass is 9.78. The first-order valence-electron chi connectivity index (χ1n) is 14.5. The average Bonchev–Trinajstić information content (AvgIpc) is 3.33. The first-order chi connectivity index (χ1) is 18.2. The third-order valence-electron chi connectivity index (χ3n) is 8.79. The van der Waals surface area contributed by atoms with Crippen molar-refractivity contribution < 1.29 is 19.1 Å². The summed E-state index contributed by atoms with van der Waals surface area (Å²) in [6.07, 6.45) is 7.04. The molecule has 3 aliphatic heterocycles. The number of hydrogen-bond donors (Lipinski definition) is 0. The van der Waals surface area contributed by atoms with Crippen molar-refractivity contribution in [3.8, 4) is 0 Å². The average molecular weight is 528 g/mol. The molecule has 38 heavy (non-hydrogen) atoms. The van der Waals surface area contributed by atoms with Gasteiger partial charge in [-0.2, -0.15) is 0 Å². The van der Waals surface area contributed by atoms with Crippen molar-refractivity contribution in [3.05, 3.63) is 23.9 Å². The molecule has 1 atom stereocenters. The normalized spacial score (nSPS) is 24.4. The number of anilines is 1. The Kier molecular flexibility index (Phi) is 7.76. The summed E-state index contributed by atoms with van der Waals surface area (Å²) in [6.45, 7) is 15.3. The Morgan fingerprint density at radius 3 is 2.37 bits per heavy atom. The van der Waals surface area contributed by atoms with E-state index in [0.717, 1.165) is 71.0 Å². The van der Waals surface area contributed by atoms with Crippen LogP contribution in [0.15, 0.2) is 18.3 Å². The van der Waals surface area contributed by atoms with E-state index in [0.29, 0.717) is 24.0 Å². The SMILES string of the molecule is CCOC(=O)N1CC2(CC[C@@H](N3CCN(c4ncccc4C4CCN(C(=O)OC(C)(C)C)CC4)CC3)C2)C1. The van der Waals surface area contributed by atoms with Gasteiger partial charge in [0.2, 0.25) is 0 Å². The number of rotatable bonds is 4.